The lowest BCUT2D eigenvalue weighted by Gasteiger charge is -2.18. The maximum Gasteiger partial charge on any atom is 0.261 e. The second-order valence-corrected chi connectivity index (χ2v) is 4.66. The topological polar surface area (TPSA) is 83.7 Å². The molecular weight excluding hydrogens is 258 g/mol. The average Bonchev–Trinajstić information content (AvgIpc) is 2.69. The number of amides is 3. The highest BCUT2D eigenvalue weighted by Crippen LogP contribution is 2.22. The van der Waals surface area contributed by atoms with Gasteiger partial charge in [-0.15, -0.1) is 0 Å². The van der Waals surface area contributed by atoms with Gasteiger partial charge in [0.1, 0.15) is 0 Å². The summed E-state index contributed by atoms with van der Waals surface area (Å²) in [7, 11) is 1.65. The van der Waals surface area contributed by atoms with Crippen LogP contribution in [0.25, 0.3) is 0 Å². The first-order valence-electron chi connectivity index (χ1n) is 6.45. The quantitative estimate of drug-likeness (QED) is 0.772. The van der Waals surface area contributed by atoms with Gasteiger partial charge in [0.15, 0.2) is 0 Å². The molecule has 0 aromatic heterocycles. The van der Waals surface area contributed by atoms with Crippen molar-refractivity contribution >= 4 is 17.7 Å². The Morgan fingerprint density at radius 1 is 1.20 bits per heavy atom. The molecule has 3 amide bonds. The van der Waals surface area contributed by atoms with Crippen LogP contribution < -0.4 is 5.73 Å². The number of rotatable bonds is 5. The summed E-state index contributed by atoms with van der Waals surface area (Å²) in [5.74, 6) is -0.799. The summed E-state index contributed by atoms with van der Waals surface area (Å²) < 4.78 is 0. The van der Waals surface area contributed by atoms with Crippen LogP contribution in [0.2, 0.25) is 0 Å². The number of nitrogens with zero attached hydrogens (tertiary/aromatic N) is 2. The average molecular weight is 275 g/mol. The number of carbonyl (C=O) groups is 3. The molecule has 20 heavy (non-hydrogen) atoms. The summed E-state index contributed by atoms with van der Waals surface area (Å²) in [5.41, 5.74) is 6.18. The molecule has 6 heteroatoms. The van der Waals surface area contributed by atoms with Crippen molar-refractivity contribution in [1.82, 2.24) is 9.80 Å². The summed E-state index contributed by atoms with van der Waals surface area (Å²) in [4.78, 5) is 38.6. The molecule has 0 atom stereocenters. The lowest BCUT2D eigenvalue weighted by Crippen LogP contribution is -2.36. The lowest BCUT2D eigenvalue weighted by molar-refractivity contribution is -0.129. The molecule has 1 heterocycles. The SMILES string of the molecule is CN(CCN)C(=O)CCN1C(=O)c2ccccc2C1=O. The van der Waals surface area contributed by atoms with E-state index in [4.69, 9.17) is 5.73 Å². The largest absolute Gasteiger partial charge is 0.344 e. The van der Waals surface area contributed by atoms with Gasteiger partial charge in [-0.3, -0.25) is 19.3 Å². The van der Waals surface area contributed by atoms with Crippen molar-refractivity contribution in [2.24, 2.45) is 5.73 Å². The summed E-state index contributed by atoms with van der Waals surface area (Å²) in [5, 5.41) is 0. The van der Waals surface area contributed by atoms with Crippen molar-refractivity contribution in [2.45, 2.75) is 6.42 Å². The maximum atomic E-state index is 12.1. The fourth-order valence-electron chi connectivity index (χ4n) is 2.16. The van der Waals surface area contributed by atoms with Crippen molar-refractivity contribution in [3.05, 3.63) is 35.4 Å². The minimum atomic E-state index is -0.333. The van der Waals surface area contributed by atoms with Crippen LogP contribution in [-0.2, 0) is 4.79 Å². The van der Waals surface area contributed by atoms with Crippen molar-refractivity contribution in [3.8, 4) is 0 Å². The van der Waals surface area contributed by atoms with E-state index in [0.717, 1.165) is 4.90 Å². The Bertz CT molecular complexity index is 521. The van der Waals surface area contributed by atoms with Crippen LogP contribution in [0.5, 0.6) is 0 Å². The third-order valence-electron chi connectivity index (χ3n) is 3.32. The molecule has 1 aromatic carbocycles. The number of fused-ring (bicyclic) bond motifs is 1. The molecule has 2 rings (SSSR count). The predicted octanol–water partition coefficient (Wildman–Crippen LogP) is 0.0898. The Labute approximate surface area is 117 Å². The lowest BCUT2D eigenvalue weighted by atomic mass is 10.1. The van der Waals surface area contributed by atoms with Crippen molar-refractivity contribution in [3.63, 3.8) is 0 Å². The molecule has 0 aliphatic carbocycles. The van der Waals surface area contributed by atoms with E-state index in [1.165, 1.54) is 4.90 Å². The second kappa shape index (κ2) is 5.83. The Morgan fingerprint density at radius 3 is 2.25 bits per heavy atom. The van der Waals surface area contributed by atoms with Crippen LogP contribution in [0.1, 0.15) is 27.1 Å². The molecule has 1 aliphatic rings. The molecule has 0 radical (unpaired) electrons. The van der Waals surface area contributed by atoms with Gasteiger partial charge in [0.05, 0.1) is 11.1 Å². The first-order valence-corrected chi connectivity index (χ1v) is 6.45. The number of likely N-dealkylation sites (N-methyl/N-ethyl adjacent to an activating group) is 1. The van der Waals surface area contributed by atoms with Gasteiger partial charge in [-0.1, -0.05) is 12.1 Å². The van der Waals surface area contributed by atoms with Crippen molar-refractivity contribution in [2.75, 3.05) is 26.7 Å². The third-order valence-corrected chi connectivity index (χ3v) is 3.32. The fraction of sp³-hybridized carbons (Fsp3) is 0.357. The van der Waals surface area contributed by atoms with Gasteiger partial charge in [-0.05, 0) is 12.1 Å². The molecule has 1 aromatic rings. The van der Waals surface area contributed by atoms with Crippen molar-refractivity contribution in [1.29, 1.82) is 0 Å². The molecule has 0 fully saturated rings. The number of benzene rings is 1. The highest BCUT2D eigenvalue weighted by Gasteiger charge is 2.35. The van der Waals surface area contributed by atoms with Crippen LogP contribution in [0, 0.1) is 0 Å². The van der Waals surface area contributed by atoms with Crippen LogP contribution in [-0.4, -0.2) is 54.2 Å². The molecule has 0 bridgehead atoms. The monoisotopic (exact) mass is 275 g/mol. The number of hydrogen-bond acceptors (Lipinski definition) is 4. The first-order chi connectivity index (χ1) is 9.56. The summed E-state index contributed by atoms with van der Waals surface area (Å²) >= 11 is 0. The number of hydrogen-bond donors (Lipinski definition) is 1. The van der Waals surface area contributed by atoms with Gasteiger partial charge < -0.3 is 10.6 Å². The molecule has 106 valence electrons. The predicted molar refractivity (Wildman–Crippen MR) is 73.1 cm³/mol. The maximum absolute atomic E-state index is 12.1. The molecule has 0 saturated carbocycles. The van der Waals surface area contributed by atoms with E-state index in [-0.39, 0.29) is 30.7 Å². The van der Waals surface area contributed by atoms with E-state index >= 15 is 0 Å². The normalized spacial score (nSPS) is 13.6. The van der Waals surface area contributed by atoms with Gasteiger partial charge in [-0.2, -0.15) is 0 Å². The fourth-order valence-corrected chi connectivity index (χ4v) is 2.16. The zero-order chi connectivity index (χ0) is 14.7. The zero-order valence-electron chi connectivity index (χ0n) is 11.3. The van der Waals surface area contributed by atoms with Gasteiger partial charge >= 0.3 is 0 Å². The number of nitrogens with two attached hydrogens (primary N) is 1. The first kappa shape index (κ1) is 14.2. The van der Waals surface area contributed by atoms with E-state index in [9.17, 15) is 14.4 Å². The molecule has 6 nitrogen and oxygen atoms in total. The van der Waals surface area contributed by atoms with E-state index in [2.05, 4.69) is 0 Å². The van der Waals surface area contributed by atoms with Crippen LogP contribution >= 0.6 is 0 Å². The van der Waals surface area contributed by atoms with Crippen molar-refractivity contribution < 1.29 is 14.4 Å². The summed E-state index contributed by atoms with van der Waals surface area (Å²) in [6, 6.07) is 6.68. The van der Waals surface area contributed by atoms with E-state index in [0.29, 0.717) is 24.2 Å². The third kappa shape index (κ3) is 2.55. The Morgan fingerprint density at radius 2 is 1.75 bits per heavy atom. The van der Waals surface area contributed by atoms with Crippen LogP contribution in [0.4, 0.5) is 0 Å². The van der Waals surface area contributed by atoms with Gasteiger partial charge in [0, 0.05) is 33.1 Å². The number of carbonyl (C=O) groups excluding carboxylic acids is 3. The van der Waals surface area contributed by atoms with E-state index in [1.54, 1.807) is 31.3 Å². The Kier molecular flexibility index (Phi) is 4.14. The minimum absolute atomic E-state index is 0.0973. The van der Waals surface area contributed by atoms with Crippen LogP contribution in [0.15, 0.2) is 24.3 Å². The molecular formula is C14H17N3O3. The minimum Gasteiger partial charge on any atom is -0.344 e. The summed E-state index contributed by atoms with van der Waals surface area (Å²) in [6.07, 6.45) is 0.113. The molecule has 1 aliphatic heterocycles. The van der Waals surface area contributed by atoms with Gasteiger partial charge in [0.25, 0.3) is 11.8 Å². The smallest absolute Gasteiger partial charge is 0.261 e. The summed E-state index contributed by atoms with van der Waals surface area (Å²) in [6.45, 7) is 0.941. The Balaban J connectivity index is 2.01. The number of imide groups is 1. The molecule has 0 spiro atoms. The van der Waals surface area contributed by atoms with Crippen LogP contribution in [0.3, 0.4) is 0 Å². The molecule has 2 N–H and O–H groups in total. The van der Waals surface area contributed by atoms with E-state index < -0.39 is 0 Å². The standard InChI is InChI=1S/C14H17N3O3/c1-16(9-7-15)12(18)6-8-17-13(19)10-4-2-3-5-11(10)14(17)20/h2-5H,6-9,15H2,1H3. The highest BCUT2D eigenvalue weighted by atomic mass is 16.2. The second-order valence-electron chi connectivity index (χ2n) is 4.66. The molecule has 0 saturated heterocycles. The van der Waals surface area contributed by atoms with E-state index in [1.807, 2.05) is 0 Å². The molecule has 0 unspecified atom stereocenters. The zero-order valence-corrected chi connectivity index (χ0v) is 11.3. The van der Waals surface area contributed by atoms with Gasteiger partial charge in [0.2, 0.25) is 5.91 Å². The van der Waals surface area contributed by atoms with Gasteiger partial charge in [-0.25, -0.2) is 0 Å². The Hall–Kier alpha value is -2.21. The highest BCUT2D eigenvalue weighted by molar-refractivity contribution is 6.21.